The molecule has 5 nitrogen and oxygen atoms in total. The predicted octanol–water partition coefficient (Wildman–Crippen LogP) is 4.32. The summed E-state index contributed by atoms with van der Waals surface area (Å²) < 4.78 is 5.84. The lowest BCUT2D eigenvalue weighted by Crippen LogP contribution is -2.50. The number of carbonyl (C=O) groups is 2. The molecule has 0 saturated carbocycles. The second-order valence-electron chi connectivity index (χ2n) is 8.00. The largest absolute Gasteiger partial charge is 0.483 e. The van der Waals surface area contributed by atoms with E-state index in [1.54, 1.807) is 11.8 Å². The van der Waals surface area contributed by atoms with Crippen LogP contribution in [0.5, 0.6) is 5.75 Å². The number of hydrogen-bond acceptors (Lipinski definition) is 3. The Balaban J connectivity index is 2.20. The molecule has 0 spiro atoms. The molecule has 0 aliphatic carbocycles. The highest BCUT2D eigenvalue weighted by molar-refractivity contribution is 5.88. The molecule has 0 fully saturated rings. The molecule has 2 aromatic rings. The van der Waals surface area contributed by atoms with Crippen LogP contribution in [0.2, 0.25) is 0 Å². The topological polar surface area (TPSA) is 58.6 Å². The molecular formula is C25H34N2O3. The summed E-state index contributed by atoms with van der Waals surface area (Å²) in [7, 11) is 0. The van der Waals surface area contributed by atoms with E-state index in [4.69, 9.17) is 4.74 Å². The summed E-state index contributed by atoms with van der Waals surface area (Å²) in [6, 6.07) is 13.3. The Morgan fingerprint density at radius 2 is 1.73 bits per heavy atom. The Bertz CT molecular complexity index is 878. The third-order valence-corrected chi connectivity index (χ3v) is 5.47. The van der Waals surface area contributed by atoms with Crippen LogP contribution in [0.1, 0.15) is 49.4 Å². The summed E-state index contributed by atoms with van der Waals surface area (Å²) in [5, 5.41) is 2.98. The lowest BCUT2D eigenvalue weighted by atomic mass is 10.1. The van der Waals surface area contributed by atoms with Gasteiger partial charge in [-0.2, -0.15) is 0 Å². The Kier molecular flexibility index (Phi) is 8.46. The number of amides is 2. The first-order chi connectivity index (χ1) is 14.2. The van der Waals surface area contributed by atoms with Crippen LogP contribution in [-0.4, -0.2) is 35.4 Å². The molecule has 2 atom stereocenters. The van der Waals surface area contributed by atoms with E-state index in [1.165, 1.54) is 0 Å². The summed E-state index contributed by atoms with van der Waals surface area (Å²) in [5.74, 6) is 0.319. The van der Waals surface area contributed by atoms with Gasteiger partial charge in [0.05, 0.1) is 0 Å². The van der Waals surface area contributed by atoms with Crippen molar-refractivity contribution < 1.29 is 14.3 Å². The molecule has 0 saturated heterocycles. The molecule has 0 aromatic heterocycles. The van der Waals surface area contributed by atoms with Gasteiger partial charge in [0.25, 0.3) is 5.91 Å². The minimum Gasteiger partial charge on any atom is -0.483 e. The molecule has 30 heavy (non-hydrogen) atoms. The van der Waals surface area contributed by atoms with Gasteiger partial charge in [-0.3, -0.25) is 9.59 Å². The van der Waals surface area contributed by atoms with Crippen LogP contribution in [0.4, 0.5) is 0 Å². The van der Waals surface area contributed by atoms with E-state index in [9.17, 15) is 9.59 Å². The van der Waals surface area contributed by atoms with E-state index >= 15 is 0 Å². The first-order valence-corrected chi connectivity index (χ1v) is 10.6. The van der Waals surface area contributed by atoms with Gasteiger partial charge >= 0.3 is 0 Å². The van der Waals surface area contributed by atoms with Crippen molar-refractivity contribution in [1.82, 2.24) is 10.2 Å². The van der Waals surface area contributed by atoms with Gasteiger partial charge in [-0.25, -0.2) is 0 Å². The SMILES string of the molecule is CC[C@@H](C)NC(=O)[C@@H](C)N(Cc1ccccc1C)C(=O)COc1cc(C)ccc1C. The third kappa shape index (κ3) is 6.34. The molecule has 0 aliphatic heterocycles. The molecule has 0 unspecified atom stereocenters. The normalized spacial score (nSPS) is 12.7. The maximum atomic E-state index is 13.2. The highest BCUT2D eigenvalue weighted by atomic mass is 16.5. The van der Waals surface area contributed by atoms with Crippen molar-refractivity contribution in [3.63, 3.8) is 0 Å². The van der Waals surface area contributed by atoms with Gasteiger partial charge in [0.1, 0.15) is 11.8 Å². The number of ether oxygens (including phenoxy) is 1. The number of carbonyl (C=O) groups excluding carboxylic acids is 2. The van der Waals surface area contributed by atoms with Crippen molar-refractivity contribution in [2.45, 2.75) is 66.6 Å². The van der Waals surface area contributed by atoms with Gasteiger partial charge < -0.3 is 15.0 Å². The fourth-order valence-electron chi connectivity index (χ4n) is 3.10. The second kappa shape index (κ2) is 10.8. The first kappa shape index (κ1) is 23.5. The Labute approximate surface area is 180 Å². The molecule has 2 aromatic carbocycles. The summed E-state index contributed by atoms with van der Waals surface area (Å²) in [4.78, 5) is 27.5. The Hall–Kier alpha value is -2.82. The summed E-state index contributed by atoms with van der Waals surface area (Å²) in [6.07, 6.45) is 0.833. The number of hydrogen-bond donors (Lipinski definition) is 1. The third-order valence-electron chi connectivity index (χ3n) is 5.47. The fraction of sp³-hybridized carbons (Fsp3) is 0.440. The lowest BCUT2D eigenvalue weighted by Gasteiger charge is -2.30. The average molecular weight is 411 g/mol. The van der Waals surface area contributed by atoms with Crippen LogP contribution in [0, 0.1) is 20.8 Å². The van der Waals surface area contributed by atoms with Crippen LogP contribution < -0.4 is 10.1 Å². The van der Waals surface area contributed by atoms with Gasteiger partial charge in [0.2, 0.25) is 5.91 Å². The summed E-state index contributed by atoms with van der Waals surface area (Å²) in [5.41, 5.74) is 4.14. The standard InChI is InChI=1S/C25H34N2O3/c1-7-20(5)26-25(29)21(6)27(15-22-11-9-8-10-18(22)3)24(28)16-30-23-14-17(2)12-13-19(23)4/h8-14,20-21H,7,15-16H2,1-6H3,(H,26,29)/t20-,21-/m1/s1. The van der Waals surface area contributed by atoms with E-state index in [2.05, 4.69) is 5.32 Å². The van der Waals surface area contributed by atoms with Gasteiger partial charge in [0.15, 0.2) is 6.61 Å². The maximum Gasteiger partial charge on any atom is 0.261 e. The van der Waals surface area contributed by atoms with Gasteiger partial charge in [-0.1, -0.05) is 43.3 Å². The van der Waals surface area contributed by atoms with Crippen LogP contribution in [0.25, 0.3) is 0 Å². The van der Waals surface area contributed by atoms with Crippen LogP contribution >= 0.6 is 0 Å². The highest BCUT2D eigenvalue weighted by Crippen LogP contribution is 2.20. The molecule has 0 aliphatic rings. The number of benzene rings is 2. The van der Waals surface area contributed by atoms with E-state index < -0.39 is 6.04 Å². The number of nitrogens with zero attached hydrogens (tertiary/aromatic N) is 1. The highest BCUT2D eigenvalue weighted by Gasteiger charge is 2.27. The van der Waals surface area contributed by atoms with Crippen LogP contribution in [0.3, 0.4) is 0 Å². The minimum absolute atomic E-state index is 0.0570. The second-order valence-corrected chi connectivity index (χ2v) is 8.00. The van der Waals surface area contributed by atoms with Crippen LogP contribution in [0.15, 0.2) is 42.5 Å². The van der Waals surface area contributed by atoms with Crippen molar-refractivity contribution in [1.29, 1.82) is 0 Å². The van der Waals surface area contributed by atoms with Gasteiger partial charge in [0, 0.05) is 12.6 Å². The quantitative estimate of drug-likeness (QED) is 0.670. The van der Waals surface area contributed by atoms with E-state index in [0.29, 0.717) is 12.3 Å². The van der Waals surface area contributed by atoms with E-state index in [1.807, 2.05) is 77.1 Å². The molecular weight excluding hydrogens is 376 g/mol. The number of nitrogens with one attached hydrogen (secondary N) is 1. The summed E-state index contributed by atoms with van der Waals surface area (Å²) in [6.45, 7) is 11.9. The Morgan fingerprint density at radius 1 is 1.03 bits per heavy atom. The average Bonchev–Trinajstić information content (AvgIpc) is 2.72. The van der Waals surface area contributed by atoms with Crippen molar-refractivity contribution in [2.75, 3.05) is 6.61 Å². The zero-order valence-corrected chi connectivity index (χ0v) is 19.0. The molecule has 0 radical (unpaired) electrons. The lowest BCUT2D eigenvalue weighted by molar-refractivity contribution is -0.142. The molecule has 1 N–H and O–H groups in total. The van der Waals surface area contributed by atoms with E-state index in [-0.39, 0.29) is 24.5 Å². The number of rotatable bonds is 9. The van der Waals surface area contributed by atoms with Crippen molar-refractivity contribution in [2.24, 2.45) is 0 Å². The van der Waals surface area contributed by atoms with Crippen molar-refractivity contribution in [3.05, 3.63) is 64.7 Å². The molecule has 2 rings (SSSR count). The van der Waals surface area contributed by atoms with Crippen molar-refractivity contribution in [3.8, 4) is 5.75 Å². The minimum atomic E-state index is -0.603. The first-order valence-electron chi connectivity index (χ1n) is 10.6. The fourth-order valence-corrected chi connectivity index (χ4v) is 3.10. The predicted molar refractivity (Wildman–Crippen MR) is 120 cm³/mol. The van der Waals surface area contributed by atoms with Crippen LogP contribution in [-0.2, 0) is 16.1 Å². The van der Waals surface area contributed by atoms with Crippen molar-refractivity contribution >= 4 is 11.8 Å². The van der Waals surface area contributed by atoms with Gasteiger partial charge in [-0.15, -0.1) is 0 Å². The zero-order chi connectivity index (χ0) is 22.3. The molecule has 162 valence electrons. The molecule has 0 bridgehead atoms. The van der Waals surface area contributed by atoms with E-state index in [0.717, 1.165) is 28.7 Å². The molecule has 5 heteroatoms. The zero-order valence-electron chi connectivity index (χ0n) is 19.0. The molecule has 2 amide bonds. The Morgan fingerprint density at radius 3 is 2.40 bits per heavy atom. The van der Waals surface area contributed by atoms with Gasteiger partial charge in [-0.05, 0) is 69.4 Å². The monoisotopic (exact) mass is 410 g/mol. The molecule has 0 heterocycles. The maximum absolute atomic E-state index is 13.2. The summed E-state index contributed by atoms with van der Waals surface area (Å²) >= 11 is 0. The number of aryl methyl sites for hydroxylation is 3. The smallest absolute Gasteiger partial charge is 0.261 e.